The van der Waals surface area contributed by atoms with E-state index in [-0.39, 0.29) is 35.4 Å². The summed E-state index contributed by atoms with van der Waals surface area (Å²) in [5, 5.41) is 23.7. The van der Waals surface area contributed by atoms with Crippen molar-refractivity contribution in [3.8, 4) is 0 Å². The Morgan fingerprint density at radius 1 is 1.12 bits per heavy atom. The van der Waals surface area contributed by atoms with Crippen LogP contribution in [0.3, 0.4) is 0 Å². The Hall–Kier alpha value is -1.47. The van der Waals surface area contributed by atoms with Crippen LogP contribution in [-0.2, 0) is 14.5 Å². The van der Waals surface area contributed by atoms with E-state index >= 15 is 0 Å². The molecule has 7 heteroatoms. The molecule has 8 unspecified atom stereocenters. The largest absolute Gasteiger partial charge is 0.399 e. The number of nitrogens with zero attached hydrogens (tertiary/aromatic N) is 2. The number of aliphatic hydroxyl groups excluding tert-OH is 1. The molecule has 0 aromatic rings. The van der Waals surface area contributed by atoms with Gasteiger partial charge >= 0.3 is 0 Å². The predicted octanol–water partition coefficient (Wildman–Crippen LogP) is 3.55. The molecule has 0 amide bonds. The summed E-state index contributed by atoms with van der Waals surface area (Å²) in [6, 6.07) is 0. The Bertz CT molecular complexity index is 822. The first-order valence-electron chi connectivity index (χ1n) is 13.2. The molecule has 4 saturated carbocycles. The first-order valence-corrected chi connectivity index (χ1v) is 13.2. The molecule has 33 heavy (non-hydrogen) atoms. The summed E-state index contributed by atoms with van der Waals surface area (Å²) in [4.78, 5) is 24.2. The van der Waals surface area contributed by atoms with Gasteiger partial charge in [-0.15, -0.1) is 0 Å². The van der Waals surface area contributed by atoms with Gasteiger partial charge in [0, 0.05) is 48.7 Å². The van der Waals surface area contributed by atoms with Crippen molar-refractivity contribution < 1.29 is 19.6 Å². The van der Waals surface area contributed by atoms with E-state index in [0.717, 1.165) is 75.9 Å². The Balaban J connectivity index is 1.50. The second kappa shape index (κ2) is 8.95. The molecule has 0 aromatic heterocycles. The summed E-state index contributed by atoms with van der Waals surface area (Å²) in [5.74, 6) is 1.97. The van der Waals surface area contributed by atoms with E-state index in [1.54, 1.807) is 7.11 Å². The number of aliphatic hydroxyl groups is 1. The maximum absolute atomic E-state index is 12.8. The molecular formula is C26H41N3O4. The normalized spacial score (nSPS) is 47.3. The van der Waals surface area contributed by atoms with Gasteiger partial charge in [-0.3, -0.25) is 4.79 Å². The smallest absolute Gasteiger partial charge is 0.141 e. The maximum Gasteiger partial charge on any atom is 0.141 e. The lowest BCUT2D eigenvalue weighted by atomic mass is 9.42. The minimum atomic E-state index is -0.220. The molecule has 0 spiro atoms. The molecule has 1 aliphatic heterocycles. The summed E-state index contributed by atoms with van der Waals surface area (Å²) in [5.41, 5.74) is 1.77. The van der Waals surface area contributed by atoms with E-state index in [4.69, 9.17) is 14.8 Å². The third-order valence-corrected chi connectivity index (χ3v) is 10.3. The number of carbonyl (C=O) groups excluding carboxylic acids is 1. The fourth-order valence-corrected chi connectivity index (χ4v) is 8.65. The van der Waals surface area contributed by atoms with Gasteiger partial charge in [0.2, 0.25) is 0 Å². The molecule has 5 rings (SSSR count). The van der Waals surface area contributed by atoms with Crippen LogP contribution >= 0.6 is 0 Å². The topological polar surface area (TPSA) is 92.5 Å². The first-order chi connectivity index (χ1) is 16.0. The SMILES string of the molecule is CCC1/C(=N/OC2CCNC2)CCC2(CO)C3CCC4(C)C(=O)CCC4C3C/C(=N\OC)C12. The van der Waals surface area contributed by atoms with Gasteiger partial charge in [0.25, 0.3) is 0 Å². The molecule has 0 bridgehead atoms. The minimum absolute atomic E-state index is 0.118. The molecule has 2 N–H and O–H groups in total. The molecular weight excluding hydrogens is 418 g/mol. The van der Waals surface area contributed by atoms with Crippen molar-refractivity contribution in [3.63, 3.8) is 0 Å². The second-order valence-corrected chi connectivity index (χ2v) is 11.5. The summed E-state index contributed by atoms with van der Waals surface area (Å²) in [6.45, 7) is 6.42. The Labute approximate surface area is 197 Å². The highest BCUT2D eigenvalue weighted by atomic mass is 16.6. The van der Waals surface area contributed by atoms with E-state index in [0.29, 0.717) is 30.0 Å². The number of fused-ring (bicyclic) bond motifs is 5. The van der Waals surface area contributed by atoms with Gasteiger partial charge in [-0.2, -0.15) is 0 Å². The molecule has 184 valence electrons. The van der Waals surface area contributed by atoms with Crippen LogP contribution in [0.1, 0.15) is 71.6 Å². The number of carbonyl (C=O) groups is 1. The van der Waals surface area contributed by atoms with E-state index in [2.05, 4.69) is 24.3 Å². The third kappa shape index (κ3) is 3.56. The third-order valence-electron chi connectivity index (χ3n) is 10.3. The maximum atomic E-state index is 12.8. The van der Waals surface area contributed by atoms with Crippen LogP contribution in [-0.4, -0.2) is 55.2 Å². The average Bonchev–Trinajstić information content (AvgIpc) is 3.45. The number of nitrogens with one attached hydrogen (secondary N) is 1. The van der Waals surface area contributed by atoms with Crippen LogP contribution in [0.15, 0.2) is 10.3 Å². The van der Waals surface area contributed by atoms with Gasteiger partial charge in [0.15, 0.2) is 0 Å². The molecule has 4 aliphatic carbocycles. The standard InChI is InChI=1S/C26H41N3O4/c1-4-17-21(29-33-16-9-12-27-14-16)8-11-26(15-30)20-7-10-25(2)19(5-6-23(25)31)18(20)13-22(24(17)26)28-32-3/h16-20,24,27,30H,4-15H2,1-3H3/b28-22+,29-21+. The monoisotopic (exact) mass is 459 g/mol. The zero-order valence-electron chi connectivity index (χ0n) is 20.5. The van der Waals surface area contributed by atoms with Crippen molar-refractivity contribution in [2.75, 3.05) is 26.8 Å². The highest BCUT2D eigenvalue weighted by Crippen LogP contribution is 2.65. The summed E-state index contributed by atoms with van der Waals surface area (Å²) >= 11 is 0. The Kier molecular flexibility index (Phi) is 6.32. The van der Waals surface area contributed by atoms with Crippen LogP contribution in [0.4, 0.5) is 0 Å². The van der Waals surface area contributed by atoms with Gasteiger partial charge in [0.05, 0.1) is 11.4 Å². The molecule has 1 heterocycles. The minimum Gasteiger partial charge on any atom is -0.399 e. The van der Waals surface area contributed by atoms with Crippen LogP contribution in [0.5, 0.6) is 0 Å². The fraction of sp³-hybridized carbons (Fsp3) is 0.885. The molecule has 0 aromatic carbocycles. The number of oxime groups is 2. The Morgan fingerprint density at radius 2 is 1.97 bits per heavy atom. The molecule has 0 radical (unpaired) electrons. The van der Waals surface area contributed by atoms with Gasteiger partial charge in [-0.05, 0) is 69.2 Å². The molecule has 8 atom stereocenters. The lowest BCUT2D eigenvalue weighted by molar-refractivity contribution is -0.136. The molecule has 1 saturated heterocycles. The molecule has 7 nitrogen and oxygen atoms in total. The highest BCUT2D eigenvalue weighted by Gasteiger charge is 2.64. The number of Topliss-reactive ketones (excluding diaryl/α,β-unsaturated/α-hetero) is 1. The summed E-state index contributed by atoms with van der Waals surface area (Å²) in [6.07, 6.45) is 8.39. The van der Waals surface area contributed by atoms with Crippen LogP contribution in [0, 0.1) is 40.4 Å². The second-order valence-electron chi connectivity index (χ2n) is 11.5. The first kappa shape index (κ1) is 23.3. The van der Waals surface area contributed by atoms with Gasteiger partial charge < -0.3 is 20.1 Å². The van der Waals surface area contributed by atoms with Crippen molar-refractivity contribution in [2.24, 2.45) is 50.7 Å². The van der Waals surface area contributed by atoms with Crippen molar-refractivity contribution in [3.05, 3.63) is 0 Å². The summed E-state index contributed by atoms with van der Waals surface area (Å²) < 4.78 is 0. The quantitative estimate of drug-likeness (QED) is 0.614. The van der Waals surface area contributed by atoms with E-state index < -0.39 is 0 Å². The Morgan fingerprint density at radius 3 is 2.67 bits per heavy atom. The van der Waals surface area contributed by atoms with Gasteiger partial charge in [-0.1, -0.05) is 24.2 Å². The fourth-order valence-electron chi connectivity index (χ4n) is 8.65. The van der Waals surface area contributed by atoms with Crippen LogP contribution in [0.2, 0.25) is 0 Å². The summed E-state index contributed by atoms with van der Waals surface area (Å²) in [7, 11) is 1.62. The van der Waals surface area contributed by atoms with Crippen molar-refractivity contribution in [2.45, 2.75) is 77.7 Å². The molecule has 5 aliphatic rings. The van der Waals surface area contributed by atoms with Crippen LogP contribution < -0.4 is 5.32 Å². The number of rotatable bonds is 5. The highest BCUT2D eigenvalue weighted by molar-refractivity contribution is 5.97. The van der Waals surface area contributed by atoms with E-state index in [9.17, 15) is 9.90 Å². The van der Waals surface area contributed by atoms with Crippen LogP contribution in [0.25, 0.3) is 0 Å². The number of hydrogen-bond acceptors (Lipinski definition) is 7. The zero-order chi connectivity index (χ0) is 23.2. The van der Waals surface area contributed by atoms with E-state index in [1.165, 1.54) is 0 Å². The predicted molar refractivity (Wildman–Crippen MR) is 127 cm³/mol. The number of ketones is 1. The average molecular weight is 460 g/mol. The lowest BCUT2D eigenvalue weighted by Gasteiger charge is -2.61. The van der Waals surface area contributed by atoms with E-state index in [1.807, 2.05) is 0 Å². The lowest BCUT2D eigenvalue weighted by Crippen LogP contribution is -2.61. The van der Waals surface area contributed by atoms with Gasteiger partial charge in [0.1, 0.15) is 19.0 Å². The zero-order valence-corrected chi connectivity index (χ0v) is 20.5. The van der Waals surface area contributed by atoms with Crippen molar-refractivity contribution in [1.29, 1.82) is 0 Å². The molecule has 5 fully saturated rings. The number of hydrogen-bond donors (Lipinski definition) is 2. The van der Waals surface area contributed by atoms with Gasteiger partial charge in [-0.25, -0.2) is 0 Å². The van der Waals surface area contributed by atoms with Crippen molar-refractivity contribution >= 4 is 17.2 Å². The van der Waals surface area contributed by atoms with Crippen molar-refractivity contribution in [1.82, 2.24) is 5.32 Å².